The molecule has 4 heterocycles. The Morgan fingerprint density at radius 3 is 2.85 bits per heavy atom. The van der Waals surface area contributed by atoms with Crippen LogP contribution in [0.5, 0.6) is 0 Å². The molecular weight excluding hydrogens is 441 g/mol. The van der Waals surface area contributed by atoms with Crippen LogP contribution in [-0.2, 0) is 16.1 Å². The molecule has 34 heavy (non-hydrogen) atoms. The summed E-state index contributed by atoms with van der Waals surface area (Å²) >= 11 is 0. The predicted octanol–water partition coefficient (Wildman–Crippen LogP) is 3.27. The number of benzene rings is 1. The highest BCUT2D eigenvalue weighted by Gasteiger charge is 2.38. The number of ether oxygens (including phenoxy) is 1. The van der Waals surface area contributed by atoms with Crippen molar-refractivity contribution in [1.82, 2.24) is 24.9 Å². The Morgan fingerprint density at radius 2 is 2.15 bits per heavy atom. The van der Waals surface area contributed by atoms with Gasteiger partial charge in [0.1, 0.15) is 34.8 Å². The third kappa shape index (κ3) is 4.13. The van der Waals surface area contributed by atoms with Crippen LogP contribution in [0.15, 0.2) is 53.4 Å². The number of carbonyl (C=O) groups excluding carboxylic acids is 1. The number of amides is 1. The summed E-state index contributed by atoms with van der Waals surface area (Å²) in [6.07, 6.45) is 4.32. The number of halogens is 1. The number of anilines is 2. The smallest absolute Gasteiger partial charge is 0.256 e. The summed E-state index contributed by atoms with van der Waals surface area (Å²) in [5.41, 5.74) is 7.49. The number of carbonyl (C=O) groups is 1. The van der Waals surface area contributed by atoms with E-state index in [1.807, 2.05) is 0 Å². The molecule has 4 aromatic rings. The van der Waals surface area contributed by atoms with E-state index in [1.165, 1.54) is 18.5 Å². The molecule has 1 aliphatic heterocycles. The standard InChI is InChI=1S/C23H22FN7O3/c1-23(8-4-9-33-23)22(32)27-18-12-26-21(28-20(18)25)17-11-19(16-7-10-34-30-16)31(29-17)13-14-5-2-3-6-15(14)24/h2-3,5-7,10-12H,4,8-9,13H2,1H3,(H,27,32)(H2,25,26,28). The van der Waals surface area contributed by atoms with E-state index in [2.05, 4.69) is 25.5 Å². The molecule has 1 unspecified atom stereocenters. The van der Waals surface area contributed by atoms with Gasteiger partial charge in [0.25, 0.3) is 5.91 Å². The van der Waals surface area contributed by atoms with Gasteiger partial charge in [0.15, 0.2) is 11.6 Å². The van der Waals surface area contributed by atoms with E-state index in [0.29, 0.717) is 35.7 Å². The molecule has 1 fully saturated rings. The molecule has 3 N–H and O–H groups in total. The molecule has 0 spiro atoms. The molecule has 1 atom stereocenters. The summed E-state index contributed by atoms with van der Waals surface area (Å²) in [4.78, 5) is 21.3. The predicted molar refractivity (Wildman–Crippen MR) is 121 cm³/mol. The zero-order valence-corrected chi connectivity index (χ0v) is 18.4. The highest BCUT2D eigenvalue weighted by Crippen LogP contribution is 2.29. The van der Waals surface area contributed by atoms with Gasteiger partial charge in [0.2, 0.25) is 0 Å². The van der Waals surface area contributed by atoms with Gasteiger partial charge in [-0.15, -0.1) is 0 Å². The van der Waals surface area contributed by atoms with Crippen molar-refractivity contribution in [2.45, 2.75) is 31.9 Å². The maximum Gasteiger partial charge on any atom is 0.256 e. The van der Waals surface area contributed by atoms with Gasteiger partial charge in [-0.3, -0.25) is 9.48 Å². The fraction of sp³-hybridized carbons (Fsp3) is 0.261. The molecule has 0 bridgehead atoms. The molecule has 5 rings (SSSR count). The molecule has 0 saturated carbocycles. The maximum absolute atomic E-state index is 14.3. The van der Waals surface area contributed by atoms with Crippen molar-refractivity contribution in [1.29, 1.82) is 0 Å². The summed E-state index contributed by atoms with van der Waals surface area (Å²) in [5, 5.41) is 11.3. The molecule has 1 amide bonds. The van der Waals surface area contributed by atoms with Crippen LogP contribution >= 0.6 is 0 Å². The third-order valence-corrected chi connectivity index (χ3v) is 5.75. The molecule has 0 radical (unpaired) electrons. The van der Waals surface area contributed by atoms with Crippen molar-refractivity contribution < 1.29 is 18.4 Å². The van der Waals surface area contributed by atoms with E-state index in [0.717, 1.165) is 6.42 Å². The number of nitrogen functional groups attached to an aromatic ring is 1. The van der Waals surface area contributed by atoms with Crippen LogP contribution in [-0.4, -0.2) is 43.0 Å². The first-order valence-corrected chi connectivity index (χ1v) is 10.7. The summed E-state index contributed by atoms with van der Waals surface area (Å²) in [7, 11) is 0. The lowest BCUT2D eigenvalue weighted by Crippen LogP contribution is -2.39. The van der Waals surface area contributed by atoms with Crippen molar-refractivity contribution in [3.05, 3.63) is 60.2 Å². The Hall–Kier alpha value is -4.12. The second-order valence-electron chi connectivity index (χ2n) is 8.18. The van der Waals surface area contributed by atoms with E-state index in [4.69, 9.17) is 15.0 Å². The van der Waals surface area contributed by atoms with Crippen LogP contribution in [0, 0.1) is 5.82 Å². The summed E-state index contributed by atoms with van der Waals surface area (Å²) in [6, 6.07) is 9.86. The minimum Gasteiger partial charge on any atom is -0.382 e. The summed E-state index contributed by atoms with van der Waals surface area (Å²) < 4.78 is 26.4. The Kier molecular flexibility index (Phi) is 5.54. The highest BCUT2D eigenvalue weighted by atomic mass is 19.1. The van der Waals surface area contributed by atoms with Gasteiger partial charge in [-0.05, 0) is 31.9 Å². The van der Waals surface area contributed by atoms with E-state index >= 15 is 0 Å². The quantitative estimate of drug-likeness (QED) is 0.445. The number of nitrogens with one attached hydrogen (secondary N) is 1. The van der Waals surface area contributed by atoms with Gasteiger partial charge < -0.3 is 20.3 Å². The topological polar surface area (TPSA) is 134 Å². The zero-order chi connectivity index (χ0) is 23.7. The average molecular weight is 463 g/mol. The van der Waals surface area contributed by atoms with Crippen molar-refractivity contribution in [3.63, 3.8) is 0 Å². The monoisotopic (exact) mass is 463 g/mol. The summed E-state index contributed by atoms with van der Waals surface area (Å²) in [5.74, 6) is -0.302. The van der Waals surface area contributed by atoms with Crippen LogP contribution in [0.25, 0.3) is 22.9 Å². The van der Waals surface area contributed by atoms with Crippen molar-refractivity contribution in [3.8, 4) is 22.9 Å². The fourth-order valence-electron chi connectivity index (χ4n) is 3.81. The van der Waals surface area contributed by atoms with Gasteiger partial charge >= 0.3 is 0 Å². The van der Waals surface area contributed by atoms with E-state index in [9.17, 15) is 9.18 Å². The lowest BCUT2D eigenvalue weighted by atomic mass is 10.0. The van der Waals surface area contributed by atoms with E-state index in [1.54, 1.807) is 41.9 Å². The normalized spacial score (nSPS) is 17.7. The molecule has 1 saturated heterocycles. The van der Waals surface area contributed by atoms with Crippen LogP contribution in [0.3, 0.4) is 0 Å². The first kappa shape index (κ1) is 21.7. The zero-order valence-electron chi connectivity index (χ0n) is 18.4. The highest BCUT2D eigenvalue weighted by molar-refractivity contribution is 5.98. The number of aromatic nitrogens is 5. The van der Waals surface area contributed by atoms with Crippen LogP contribution < -0.4 is 11.1 Å². The second kappa shape index (κ2) is 8.67. The lowest BCUT2D eigenvalue weighted by molar-refractivity contribution is -0.133. The SMILES string of the molecule is CC1(C(=O)Nc2cnc(-c3cc(-c4ccon4)n(Cc4ccccc4F)n3)nc2N)CCCO1. The number of hydrogen-bond acceptors (Lipinski definition) is 8. The molecular formula is C23H22FN7O3. The van der Waals surface area contributed by atoms with Crippen molar-refractivity contribution in [2.24, 2.45) is 0 Å². The van der Waals surface area contributed by atoms with Gasteiger partial charge in [0, 0.05) is 18.2 Å². The maximum atomic E-state index is 14.3. The Bertz CT molecular complexity index is 1330. The fourth-order valence-corrected chi connectivity index (χ4v) is 3.81. The van der Waals surface area contributed by atoms with Crippen molar-refractivity contribution >= 4 is 17.4 Å². The minimum absolute atomic E-state index is 0.0894. The number of nitrogens with zero attached hydrogens (tertiary/aromatic N) is 5. The molecule has 10 nitrogen and oxygen atoms in total. The Labute approximate surface area is 193 Å². The summed E-state index contributed by atoms with van der Waals surface area (Å²) in [6.45, 7) is 2.45. The largest absolute Gasteiger partial charge is 0.382 e. The van der Waals surface area contributed by atoms with E-state index in [-0.39, 0.29) is 35.6 Å². The van der Waals surface area contributed by atoms with Gasteiger partial charge in [0.05, 0.1) is 18.4 Å². The molecule has 1 aromatic carbocycles. The van der Waals surface area contributed by atoms with Crippen LogP contribution in [0.2, 0.25) is 0 Å². The van der Waals surface area contributed by atoms with E-state index < -0.39 is 5.60 Å². The molecule has 11 heteroatoms. The average Bonchev–Trinajstić information content (AvgIpc) is 3.58. The molecule has 3 aromatic heterocycles. The first-order valence-electron chi connectivity index (χ1n) is 10.7. The lowest BCUT2D eigenvalue weighted by Gasteiger charge is -2.22. The van der Waals surface area contributed by atoms with Crippen LogP contribution in [0.4, 0.5) is 15.9 Å². The van der Waals surface area contributed by atoms with Gasteiger partial charge in [-0.1, -0.05) is 23.4 Å². The molecule has 1 aliphatic rings. The van der Waals surface area contributed by atoms with Gasteiger partial charge in [-0.25, -0.2) is 14.4 Å². The third-order valence-electron chi connectivity index (χ3n) is 5.75. The Morgan fingerprint density at radius 1 is 1.29 bits per heavy atom. The Balaban J connectivity index is 1.45. The first-order chi connectivity index (χ1) is 16.4. The minimum atomic E-state index is -0.900. The van der Waals surface area contributed by atoms with Gasteiger partial charge in [-0.2, -0.15) is 5.10 Å². The molecule has 174 valence electrons. The second-order valence-corrected chi connectivity index (χ2v) is 8.18. The van der Waals surface area contributed by atoms with Crippen molar-refractivity contribution in [2.75, 3.05) is 17.7 Å². The number of nitrogens with two attached hydrogens (primary N) is 1. The number of rotatable bonds is 6. The molecule has 0 aliphatic carbocycles. The van der Waals surface area contributed by atoms with Crippen LogP contribution in [0.1, 0.15) is 25.3 Å². The number of hydrogen-bond donors (Lipinski definition) is 2.